The van der Waals surface area contributed by atoms with Crippen molar-refractivity contribution in [3.8, 4) is 0 Å². The fourth-order valence-electron chi connectivity index (χ4n) is 3.21. The zero-order valence-corrected chi connectivity index (χ0v) is 16.7. The maximum absolute atomic E-state index is 12.7. The summed E-state index contributed by atoms with van der Waals surface area (Å²) in [6, 6.07) is 14.3. The van der Waals surface area contributed by atoms with Crippen LogP contribution in [0.1, 0.15) is 18.1 Å². The Morgan fingerprint density at radius 2 is 1.81 bits per heavy atom. The highest BCUT2D eigenvalue weighted by atomic mass is 32.2. The van der Waals surface area contributed by atoms with Crippen LogP contribution in [0.15, 0.2) is 53.4 Å². The van der Waals surface area contributed by atoms with Crippen molar-refractivity contribution in [3.63, 3.8) is 0 Å². The molecule has 0 fully saturated rings. The van der Waals surface area contributed by atoms with E-state index < -0.39 is 10.0 Å². The van der Waals surface area contributed by atoms with Gasteiger partial charge in [-0.05, 0) is 42.7 Å². The molecule has 0 spiro atoms. The average Bonchev–Trinajstić information content (AvgIpc) is 2.67. The molecule has 7 heteroatoms. The van der Waals surface area contributed by atoms with Gasteiger partial charge in [0.1, 0.15) is 0 Å². The van der Waals surface area contributed by atoms with E-state index in [1.807, 2.05) is 19.1 Å². The van der Waals surface area contributed by atoms with E-state index in [4.69, 9.17) is 0 Å². The monoisotopic (exact) mass is 387 g/mol. The van der Waals surface area contributed by atoms with E-state index in [0.717, 1.165) is 23.8 Å². The third kappa shape index (κ3) is 4.21. The lowest BCUT2D eigenvalue weighted by molar-refractivity contribution is -0.121. The molecular formula is C20H25N3O3S. The van der Waals surface area contributed by atoms with Crippen LogP contribution in [-0.2, 0) is 27.8 Å². The summed E-state index contributed by atoms with van der Waals surface area (Å²) in [7, 11) is -0.572. The van der Waals surface area contributed by atoms with Crippen LogP contribution in [-0.4, -0.2) is 50.2 Å². The summed E-state index contributed by atoms with van der Waals surface area (Å²) in [6.45, 7) is 3.43. The molecular weight excluding hydrogens is 362 g/mol. The second-order valence-electron chi connectivity index (χ2n) is 6.97. The Morgan fingerprint density at radius 3 is 2.52 bits per heavy atom. The van der Waals surface area contributed by atoms with E-state index >= 15 is 0 Å². The van der Waals surface area contributed by atoms with Gasteiger partial charge in [0.15, 0.2) is 0 Å². The number of sulfonamides is 1. The number of carbonyl (C=O) groups excluding carboxylic acids is 1. The highest BCUT2D eigenvalue weighted by Gasteiger charge is 2.25. The smallest absolute Gasteiger partial charge is 0.242 e. The first kappa shape index (κ1) is 19.5. The molecule has 0 bridgehead atoms. The summed E-state index contributed by atoms with van der Waals surface area (Å²) in [6.07, 6.45) is 0.921. The van der Waals surface area contributed by atoms with Crippen molar-refractivity contribution in [2.75, 3.05) is 26.0 Å². The van der Waals surface area contributed by atoms with E-state index in [9.17, 15) is 13.2 Å². The SMILES string of the molecule is C[C@H](C(=O)Nc1cccc(S(=O)(=O)N(C)C)c1)N1CCc2ccccc2C1. The maximum atomic E-state index is 12.7. The molecule has 3 rings (SSSR count). The van der Waals surface area contributed by atoms with Crippen LogP contribution in [0.4, 0.5) is 5.69 Å². The van der Waals surface area contributed by atoms with E-state index in [-0.39, 0.29) is 16.8 Å². The van der Waals surface area contributed by atoms with Gasteiger partial charge < -0.3 is 5.32 Å². The molecule has 2 aromatic carbocycles. The van der Waals surface area contributed by atoms with Crippen molar-refractivity contribution in [2.24, 2.45) is 0 Å². The fraction of sp³-hybridized carbons (Fsp3) is 0.350. The first-order chi connectivity index (χ1) is 12.8. The molecule has 0 aliphatic carbocycles. The van der Waals surface area contributed by atoms with Gasteiger partial charge in [-0.25, -0.2) is 12.7 Å². The van der Waals surface area contributed by atoms with Gasteiger partial charge in [0.25, 0.3) is 0 Å². The van der Waals surface area contributed by atoms with Gasteiger partial charge >= 0.3 is 0 Å². The summed E-state index contributed by atoms with van der Waals surface area (Å²) < 4.78 is 25.7. The number of amides is 1. The van der Waals surface area contributed by atoms with Gasteiger partial charge in [-0.1, -0.05) is 30.3 Å². The van der Waals surface area contributed by atoms with E-state index in [0.29, 0.717) is 5.69 Å². The molecule has 1 aliphatic heterocycles. The Kier molecular flexibility index (Phi) is 5.64. The van der Waals surface area contributed by atoms with Gasteiger partial charge in [-0.15, -0.1) is 0 Å². The number of rotatable bonds is 5. The van der Waals surface area contributed by atoms with E-state index in [1.54, 1.807) is 12.1 Å². The highest BCUT2D eigenvalue weighted by molar-refractivity contribution is 7.89. The number of hydrogen-bond donors (Lipinski definition) is 1. The number of benzene rings is 2. The first-order valence-corrected chi connectivity index (χ1v) is 10.4. The molecule has 0 saturated carbocycles. The van der Waals surface area contributed by atoms with Gasteiger partial charge in [-0.2, -0.15) is 0 Å². The zero-order valence-electron chi connectivity index (χ0n) is 15.8. The molecule has 1 amide bonds. The number of nitrogens with one attached hydrogen (secondary N) is 1. The molecule has 1 atom stereocenters. The highest BCUT2D eigenvalue weighted by Crippen LogP contribution is 2.22. The summed E-state index contributed by atoms with van der Waals surface area (Å²) in [5.41, 5.74) is 3.07. The van der Waals surface area contributed by atoms with Crippen LogP contribution < -0.4 is 5.32 Å². The quantitative estimate of drug-likeness (QED) is 0.855. The normalized spacial score (nSPS) is 16.0. The second-order valence-corrected chi connectivity index (χ2v) is 9.12. The van der Waals surface area contributed by atoms with Crippen LogP contribution >= 0.6 is 0 Å². The van der Waals surface area contributed by atoms with Crippen molar-refractivity contribution in [1.29, 1.82) is 0 Å². The third-order valence-electron chi connectivity index (χ3n) is 4.97. The summed E-state index contributed by atoms with van der Waals surface area (Å²) in [4.78, 5) is 15.0. The predicted molar refractivity (Wildman–Crippen MR) is 106 cm³/mol. The standard InChI is InChI=1S/C20H25N3O3S/c1-15(23-12-11-16-7-4-5-8-17(16)14-23)20(24)21-18-9-6-10-19(13-18)27(25,26)22(2)3/h4-10,13,15H,11-12,14H2,1-3H3,(H,21,24)/t15-/m1/s1. The Morgan fingerprint density at radius 1 is 1.11 bits per heavy atom. The maximum Gasteiger partial charge on any atom is 0.242 e. The number of nitrogens with zero attached hydrogens (tertiary/aromatic N) is 2. The third-order valence-corrected chi connectivity index (χ3v) is 6.78. The summed E-state index contributed by atoms with van der Waals surface area (Å²) in [5, 5.41) is 2.85. The zero-order chi connectivity index (χ0) is 19.6. The van der Waals surface area contributed by atoms with Gasteiger partial charge in [0.05, 0.1) is 10.9 Å². The molecule has 27 heavy (non-hydrogen) atoms. The average molecular weight is 388 g/mol. The van der Waals surface area contributed by atoms with Crippen LogP contribution in [0, 0.1) is 0 Å². The van der Waals surface area contributed by atoms with E-state index in [2.05, 4.69) is 22.3 Å². The summed E-state index contributed by atoms with van der Waals surface area (Å²) >= 11 is 0. The van der Waals surface area contributed by atoms with Crippen LogP contribution in [0.25, 0.3) is 0 Å². The number of hydrogen-bond acceptors (Lipinski definition) is 4. The molecule has 144 valence electrons. The number of fused-ring (bicyclic) bond motifs is 1. The number of carbonyl (C=O) groups is 1. The largest absolute Gasteiger partial charge is 0.325 e. The summed E-state index contributed by atoms with van der Waals surface area (Å²) in [5.74, 6) is -0.145. The van der Waals surface area contributed by atoms with Crippen molar-refractivity contribution >= 4 is 21.6 Å². The fourth-order valence-corrected chi connectivity index (χ4v) is 4.15. The molecule has 6 nitrogen and oxygen atoms in total. The molecule has 0 unspecified atom stereocenters. The van der Waals surface area contributed by atoms with Crippen LogP contribution in [0.2, 0.25) is 0 Å². The Labute approximate surface area is 160 Å². The lowest BCUT2D eigenvalue weighted by Gasteiger charge is -2.32. The molecule has 1 heterocycles. The van der Waals surface area contributed by atoms with Crippen molar-refractivity contribution in [2.45, 2.75) is 30.8 Å². The Hall–Kier alpha value is -2.22. The van der Waals surface area contributed by atoms with Crippen molar-refractivity contribution < 1.29 is 13.2 Å². The molecule has 1 N–H and O–H groups in total. The lowest BCUT2D eigenvalue weighted by atomic mass is 9.99. The minimum absolute atomic E-state index is 0.145. The first-order valence-electron chi connectivity index (χ1n) is 8.93. The van der Waals surface area contributed by atoms with Crippen LogP contribution in [0.3, 0.4) is 0 Å². The Balaban J connectivity index is 1.71. The molecule has 0 saturated heterocycles. The second kappa shape index (κ2) is 7.80. The van der Waals surface area contributed by atoms with Gasteiger partial charge in [-0.3, -0.25) is 9.69 Å². The van der Waals surface area contributed by atoms with Gasteiger partial charge in [0, 0.05) is 32.9 Å². The predicted octanol–water partition coefficient (Wildman–Crippen LogP) is 2.32. The van der Waals surface area contributed by atoms with E-state index in [1.165, 1.54) is 37.4 Å². The molecule has 2 aromatic rings. The number of anilines is 1. The Bertz CT molecular complexity index is 941. The lowest BCUT2D eigenvalue weighted by Crippen LogP contribution is -2.44. The van der Waals surface area contributed by atoms with Crippen LogP contribution in [0.5, 0.6) is 0 Å². The molecule has 0 aromatic heterocycles. The topological polar surface area (TPSA) is 69.7 Å². The van der Waals surface area contributed by atoms with Crippen molar-refractivity contribution in [3.05, 3.63) is 59.7 Å². The molecule has 0 radical (unpaired) electrons. The molecule has 1 aliphatic rings. The van der Waals surface area contributed by atoms with Gasteiger partial charge in [0.2, 0.25) is 15.9 Å². The minimum Gasteiger partial charge on any atom is -0.325 e. The minimum atomic E-state index is -3.54. The van der Waals surface area contributed by atoms with Crippen molar-refractivity contribution in [1.82, 2.24) is 9.21 Å².